The summed E-state index contributed by atoms with van der Waals surface area (Å²) in [6, 6.07) is 30.9. The summed E-state index contributed by atoms with van der Waals surface area (Å²) >= 11 is 0. The summed E-state index contributed by atoms with van der Waals surface area (Å²) in [6.45, 7) is 4.93. The Morgan fingerprint density at radius 2 is 1.31 bits per heavy atom. The third-order valence-electron chi connectivity index (χ3n) is 7.06. The quantitative estimate of drug-likeness (QED) is 0.261. The Morgan fingerprint density at radius 1 is 0.886 bits per heavy atom. The molecular formula is C30H34N2O3. The van der Waals surface area contributed by atoms with Crippen LogP contribution in [0.2, 0.25) is 0 Å². The van der Waals surface area contributed by atoms with E-state index in [1.165, 1.54) is 7.11 Å². The number of amides is 1. The smallest absolute Gasteiger partial charge is 0.310 e. The first-order valence-corrected chi connectivity index (χ1v) is 12.2. The largest absolute Gasteiger partial charge is 0.469 e. The van der Waals surface area contributed by atoms with Gasteiger partial charge in [-0.1, -0.05) is 105 Å². The van der Waals surface area contributed by atoms with Gasteiger partial charge in [0.15, 0.2) is 0 Å². The van der Waals surface area contributed by atoms with Gasteiger partial charge in [0, 0.05) is 20.1 Å². The van der Waals surface area contributed by atoms with E-state index in [0.717, 1.165) is 16.7 Å². The van der Waals surface area contributed by atoms with Gasteiger partial charge in [-0.3, -0.25) is 14.5 Å². The molecule has 4 rings (SSSR count). The number of hydrogen-bond donors (Lipinski definition) is 0. The van der Waals surface area contributed by atoms with Crippen molar-refractivity contribution in [1.82, 2.24) is 9.80 Å². The molecule has 1 aliphatic rings. The van der Waals surface area contributed by atoms with Crippen LogP contribution >= 0.6 is 0 Å². The zero-order valence-corrected chi connectivity index (χ0v) is 20.9. The molecule has 0 radical (unpaired) electrons. The number of benzene rings is 3. The van der Waals surface area contributed by atoms with Crippen molar-refractivity contribution in [2.75, 3.05) is 27.2 Å². The van der Waals surface area contributed by atoms with Crippen LogP contribution in [0.3, 0.4) is 0 Å². The minimum Gasteiger partial charge on any atom is -0.469 e. The monoisotopic (exact) mass is 470 g/mol. The first-order valence-electron chi connectivity index (χ1n) is 12.2. The van der Waals surface area contributed by atoms with Crippen LogP contribution in [-0.4, -0.2) is 55.0 Å². The second kappa shape index (κ2) is 10.4. The van der Waals surface area contributed by atoms with Crippen molar-refractivity contribution in [2.24, 2.45) is 11.8 Å². The number of nitrogens with zero attached hydrogens (tertiary/aromatic N) is 2. The third kappa shape index (κ3) is 4.73. The lowest BCUT2D eigenvalue weighted by atomic mass is 9.76. The van der Waals surface area contributed by atoms with Gasteiger partial charge in [-0.25, -0.2) is 0 Å². The number of likely N-dealkylation sites (N-methyl/N-ethyl adjacent to an activating group) is 1. The van der Waals surface area contributed by atoms with Crippen molar-refractivity contribution in [3.05, 3.63) is 108 Å². The standard InChI is InChI=1S/C30H34N2O3/c1-22(2)26(29(34)35-4)20-31(3)28(33)27-21-32(27)30(23-14-8-5-9-15-23,24-16-10-6-11-17-24)25-18-12-7-13-19-25/h5-19,22,26-27H,20-21H2,1-4H3/t26-,27-,32?/m0/s1. The van der Waals surface area contributed by atoms with Gasteiger partial charge in [-0.15, -0.1) is 0 Å². The second-order valence-corrected chi connectivity index (χ2v) is 9.57. The van der Waals surface area contributed by atoms with Crippen LogP contribution in [0.15, 0.2) is 91.0 Å². The fraction of sp³-hybridized carbons (Fsp3) is 0.333. The number of rotatable bonds is 9. The molecule has 0 aliphatic carbocycles. The van der Waals surface area contributed by atoms with Gasteiger partial charge in [-0.05, 0) is 22.6 Å². The zero-order chi connectivity index (χ0) is 25.0. The van der Waals surface area contributed by atoms with Crippen LogP contribution in [0.25, 0.3) is 0 Å². The molecule has 1 heterocycles. The molecule has 35 heavy (non-hydrogen) atoms. The van der Waals surface area contributed by atoms with E-state index in [2.05, 4.69) is 41.3 Å². The molecule has 0 N–H and O–H groups in total. The summed E-state index contributed by atoms with van der Waals surface area (Å²) < 4.78 is 4.99. The highest BCUT2D eigenvalue weighted by Gasteiger charge is 2.56. The van der Waals surface area contributed by atoms with Crippen LogP contribution < -0.4 is 0 Å². The zero-order valence-electron chi connectivity index (χ0n) is 20.9. The number of ether oxygens (including phenoxy) is 1. The Kier molecular flexibility index (Phi) is 7.37. The van der Waals surface area contributed by atoms with Gasteiger partial charge < -0.3 is 9.64 Å². The molecule has 3 aromatic rings. The summed E-state index contributed by atoms with van der Waals surface area (Å²) in [5.41, 5.74) is 2.74. The summed E-state index contributed by atoms with van der Waals surface area (Å²) in [6.07, 6.45) is 0. The molecule has 0 saturated carbocycles. The van der Waals surface area contributed by atoms with Gasteiger partial charge in [-0.2, -0.15) is 0 Å². The topological polar surface area (TPSA) is 49.6 Å². The molecule has 5 heteroatoms. The van der Waals surface area contributed by atoms with Gasteiger partial charge in [0.25, 0.3) is 0 Å². The summed E-state index contributed by atoms with van der Waals surface area (Å²) in [7, 11) is 3.18. The Hall–Kier alpha value is -3.44. The molecule has 1 unspecified atom stereocenters. The molecule has 5 nitrogen and oxygen atoms in total. The van der Waals surface area contributed by atoms with Gasteiger partial charge in [0.05, 0.1) is 18.6 Å². The number of esters is 1. The van der Waals surface area contributed by atoms with E-state index in [1.807, 2.05) is 68.4 Å². The fourth-order valence-electron chi connectivity index (χ4n) is 5.11. The van der Waals surface area contributed by atoms with Crippen LogP contribution in [-0.2, 0) is 19.9 Å². The lowest BCUT2D eigenvalue weighted by Gasteiger charge is -2.38. The number of methoxy groups -OCH3 is 1. The number of carbonyl (C=O) groups is 2. The average Bonchev–Trinajstić information content (AvgIpc) is 3.69. The van der Waals surface area contributed by atoms with Crippen molar-refractivity contribution >= 4 is 11.9 Å². The number of carbonyl (C=O) groups excluding carboxylic acids is 2. The molecular weight excluding hydrogens is 436 g/mol. The van der Waals surface area contributed by atoms with Gasteiger partial charge in [0.2, 0.25) is 5.91 Å². The molecule has 0 bridgehead atoms. The van der Waals surface area contributed by atoms with E-state index in [1.54, 1.807) is 11.9 Å². The normalized spacial score (nSPS) is 18.1. The van der Waals surface area contributed by atoms with Gasteiger partial charge >= 0.3 is 5.97 Å². The fourth-order valence-corrected chi connectivity index (χ4v) is 5.11. The Balaban J connectivity index is 1.73. The van der Waals surface area contributed by atoms with E-state index in [4.69, 9.17) is 4.74 Å². The second-order valence-electron chi connectivity index (χ2n) is 9.57. The van der Waals surface area contributed by atoms with Crippen molar-refractivity contribution in [1.29, 1.82) is 0 Å². The van der Waals surface area contributed by atoms with Crippen LogP contribution in [0, 0.1) is 11.8 Å². The van der Waals surface area contributed by atoms with E-state index < -0.39 is 5.54 Å². The van der Waals surface area contributed by atoms with Crippen molar-refractivity contribution in [2.45, 2.75) is 25.4 Å². The van der Waals surface area contributed by atoms with Crippen molar-refractivity contribution in [3.63, 3.8) is 0 Å². The van der Waals surface area contributed by atoms with Crippen LogP contribution in [0.5, 0.6) is 0 Å². The number of hydrogen-bond acceptors (Lipinski definition) is 4. The molecule has 0 spiro atoms. The SMILES string of the molecule is COC(=O)[C@@H](CN(C)C(=O)[C@@H]1CN1C(c1ccccc1)(c1ccccc1)c1ccccc1)C(C)C. The molecule has 3 aromatic carbocycles. The third-order valence-corrected chi connectivity index (χ3v) is 7.06. The van der Waals surface area contributed by atoms with Crippen LogP contribution in [0.1, 0.15) is 30.5 Å². The van der Waals surface area contributed by atoms with E-state index >= 15 is 0 Å². The summed E-state index contributed by atoms with van der Waals surface area (Å²) in [4.78, 5) is 29.9. The summed E-state index contributed by atoms with van der Waals surface area (Å²) in [5.74, 6) is -0.542. The maximum Gasteiger partial charge on any atom is 0.310 e. The predicted octanol–water partition coefficient (Wildman–Crippen LogP) is 4.57. The van der Waals surface area contributed by atoms with Gasteiger partial charge in [0.1, 0.15) is 6.04 Å². The lowest BCUT2D eigenvalue weighted by Crippen LogP contribution is -2.44. The maximum atomic E-state index is 13.7. The molecule has 1 aliphatic heterocycles. The molecule has 1 amide bonds. The first-order chi connectivity index (χ1) is 16.9. The Bertz CT molecular complexity index is 1040. The maximum absolute atomic E-state index is 13.7. The molecule has 1 saturated heterocycles. The minimum absolute atomic E-state index is 0.0201. The van der Waals surface area contributed by atoms with Crippen molar-refractivity contribution in [3.8, 4) is 0 Å². The highest BCUT2D eigenvalue weighted by molar-refractivity contribution is 5.86. The molecule has 3 atom stereocenters. The van der Waals surface area contributed by atoms with Crippen LogP contribution in [0.4, 0.5) is 0 Å². The Labute approximate surface area is 208 Å². The van der Waals surface area contributed by atoms with E-state index in [0.29, 0.717) is 13.1 Å². The van der Waals surface area contributed by atoms with Crippen molar-refractivity contribution < 1.29 is 14.3 Å². The Morgan fingerprint density at radius 3 is 1.69 bits per heavy atom. The average molecular weight is 471 g/mol. The lowest BCUT2D eigenvalue weighted by molar-refractivity contribution is -0.148. The minimum atomic E-state index is -0.606. The van der Waals surface area contributed by atoms with E-state index in [-0.39, 0.29) is 29.8 Å². The predicted molar refractivity (Wildman–Crippen MR) is 138 cm³/mol. The first kappa shape index (κ1) is 24.7. The molecule has 182 valence electrons. The summed E-state index contributed by atoms with van der Waals surface area (Å²) in [5, 5.41) is 0. The molecule has 0 aromatic heterocycles. The van der Waals surface area contributed by atoms with E-state index in [9.17, 15) is 9.59 Å². The highest BCUT2D eigenvalue weighted by Crippen LogP contribution is 2.48. The highest BCUT2D eigenvalue weighted by atomic mass is 16.5. The molecule has 1 fully saturated rings.